The molecule has 0 aliphatic rings. The van der Waals surface area contributed by atoms with Gasteiger partial charge < -0.3 is 5.11 Å². The van der Waals surface area contributed by atoms with Crippen molar-refractivity contribution in [2.24, 2.45) is 0 Å². The van der Waals surface area contributed by atoms with Gasteiger partial charge in [-0.3, -0.25) is 0 Å². The number of aromatic nitrogens is 1. The highest BCUT2D eigenvalue weighted by atomic mass is 127. The number of aromatic carboxylic acids is 1. The van der Waals surface area contributed by atoms with Crippen molar-refractivity contribution in [1.82, 2.24) is 4.98 Å². The first-order chi connectivity index (χ1) is 6.43. The molecule has 76 valence electrons. The molecule has 3 nitrogen and oxygen atoms in total. The van der Waals surface area contributed by atoms with Gasteiger partial charge in [-0.1, -0.05) is 11.6 Å². The van der Waals surface area contributed by atoms with Crippen molar-refractivity contribution in [2.45, 2.75) is 6.43 Å². The smallest absolute Gasteiger partial charge is 0.339 e. The molecule has 1 heterocycles. The average molecular weight is 333 g/mol. The molecular formula is C7H3ClF2INO2. The topological polar surface area (TPSA) is 50.2 Å². The maximum atomic E-state index is 12.4. The fraction of sp³-hybridized carbons (Fsp3) is 0.143. The Kier molecular flexibility index (Phi) is 3.59. The molecule has 14 heavy (non-hydrogen) atoms. The lowest BCUT2D eigenvalue weighted by atomic mass is 10.1. The molecule has 1 aromatic heterocycles. The predicted octanol–water partition coefficient (Wildman–Crippen LogP) is 2.98. The molecule has 0 unspecified atom stereocenters. The summed E-state index contributed by atoms with van der Waals surface area (Å²) >= 11 is 7.13. The summed E-state index contributed by atoms with van der Waals surface area (Å²) < 4.78 is 25.0. The fourth-order valence-electron chi connectivity index (χ4n) is 0.885. The number of rotatable bonds is 2. The predicted molar refractivity (Wildman–Crippen MR) is 53.9 cm³/mol. The number of carboxylic acid groups (broad SMARTS) is 1. The van der Waals surface area contributed by atoms with Gasteiger partial charge in [-0.15, -0.1) is 0 Å². The van der Waals surface area contributed by atoms with Gasteiger partial charge in [0.2, 0.25) is 0 Å². The zero-order valence-electron chi connectivity index (χ0n) is 6.47. The number of halogens is 4. The van der Waals surface area contributed by atoms with Crippen LogP contribution >= 0.6 is 34.2 Å². The lowest BCUT2D eigenvalue weighted by molar-refractivity contribution is 0.0684. The minimum absolute atomic E-state index is 0.230. The van der Waals surface area contributed by atoms with E-state index < -0.39 is 28.7 Å². The standard InChI is InChI=1S/C7H3ClF2INO2/c8-5-4(7(13)14)2(6(9)10)1-3(11)12-5/h1,6H,(H,13,14). The number of carboxylic acids is 1. The van der Waals surface area contributed by atoms with Crippen molar-refractivity contribution in [2.75, 3.05) is 0 Å². The summed E-state index contributed by atoms with van der Waals surface area (Å²) in [6.45, 7) is 0. The molecule has 7 heteroatoms. The van der Waals surface area contributed by atoms with E-state index in [0.29, 0.717) is 0 Å². The van der Waals surface area contributed by atoms with Gasteiger partial charge in [0.05, 0.1) is 0 Å². The molecule has 0 atom stereocenters. The van der Waals surface area contributed by atoms with Crippen LogP contribution in [0.25, 0.3) is 0 Å². The first-order valence-electron chi connectivity index (χ1n) is 3.31. The number of carbonyl (C=O) groups is 1. The fourth-order valence-corrected chi connectivity index (χ4v) is 1.89. The Morgan fingerprint density at radius 2 is 2.21 bits per heavy atom. The number of pyridine rings is 1. The molecule has 0 radical (unpaired) electrons. The zero-order valence-corrected chi connectivity index (χ0v) is 9.38. The molecule has 1 rings (SSSR count). The Hall–Kier alpha value is -0.500. The lowest BCUT2D eigenvalue weighted by Crippen LogP contribution is -2.06. The molecule has 1 aromatic rings. The summed E-state index contributed by atoms with van der Waals surface area (Å²) in [5.74, 6) is -1.51. The van der Waals surface area contributed by atoms with Crippen LogP contribution in [-0.4, -0.2) is 16.1 Å². The lowest BCUT2D eigenvalue weighted by Gasteiger charge is -2.06. The number of hydrogen-bond donors (Lipinski definition) is 1. The van der Waals surface area contributed by atoms with E-state index in [0.717, 1.165) is 6.07 Å². The monoisotopic (exact) mass is 333 g/mol. The van der Waals surface area contributed by atoms with Crippen molar-refractivity contribution in [3.8, 4) is 0 Å². The molecule has 1 N–H and O–H groups in total. The third-order valence-electron chi connectivity index (χ3n) is 1.42. The maximum Gasteiger partial charge on any atom is 0.339 e. The number of alkyl halides is 2. The SMILES string of the molecule is O=C(O)c1c(C(F)F)cc(I)nc1Cl. The molecule has 0 aliphatic carbocycles. The van der Waals surface area contributed by atoms with Crippen LogP contribution in [0.4, 0.5) is 8.78 Å². The molecule has 0 spiro atoms. The third kappa shape index (κ3) is 2.30. The summed E-state index contributed by atoms with van der Waals surface area (Å²) in [5, 5.41) is 8.21. The van der Waals surface area contributed by atoms with E-state index in [2.05, 4.69) is 4.98 Å². The van der Waals surface area contributed by atoms with Crippen LogP contribution in [0.1, 0.15) is 22.3 Å². The highest BCUT2D eigenvalue weighted by Crippen LogP contribution is 2.28. The van der Waals surface area contributed by atoms with E-state index in [1.807, 2.05) is 0 Å². The first kappa shape index (κ1) is 11.6. The largest absolute Gasteiger partial charge is 0.478 e. The maximum absolute atomic E-state index is 12.4. The highest BCUT2D eigenvalue weighted by molar-refractivity contribution is 14.1. The van der Waals surface area contributed by atoms with E-state index in [-0.39, 0.29) is 3.70 Å². The molecular weight excluding hydrogens is 330 g/mol. The van der Waals surface area contributed by atoms with E-state index in [4.69, 9.17) is 16.7 Å². The summed E-state index contributed by atoms with van der Waals surface area (Å²) in [6.07, 6.45) is -2.88. The van der Waals surface area contributed by atoms with Crippen LogP contribution in [0.15, 0.2) is 6.07 Å². The van der Waals surface area contributed by atoms with Crippen LogP contribution in [0.5, 0.6) is 0 Å². The Bertz CT molecular complexity index is 386. The summed E-state index contributed by atoms with van der Waals surface area (Å²) in [6, 6.07) is 1.00. The Morgan fingerprint density at radius 1 is 1.64 bits per heavy atom. The second-order valence-corrected chi connectivity index (χ2v) is 3.77. The molecule has 0 amide bonds. The van der Waals surface area contributed by atoms with Gasteiger partial charge in [0, 0.05) is 5.56 Å². The van der Waals surface area contributed by atoms with Gasteiger partial charge in [-0.25, -0.2) is 18.6 Å². The Labute approximate surface area is 96.2 Å². The molecule has 0 fully saturated rings. The minimum Gasteiger partial charge on any atom is -0.478 e. The Balaban J connectivity index is 3.44. The van der Waals surface area contributed by atoms with Crippen LogP contribution in [0.3, 0.4) is 0 Å². The summed E-state index contributed by atoms with van der Waals surface area (Å²) in [7, 11) is 0. The van der Waals surface area contributed by atoms with Gasteiger partial charge in [-0.05, 0) is 28.7 Å². The normalized spacial score (nSPS) is 10.6. The van der Waals surface area contributed by atoms with Crippen LogP contribution in [0, 0.1) is 3.70 Å². The van der Waals surface area contributed by atoms with E-state index in [1.165, 1.54) is 0 Å². The third-order valence-corrected chi connectivity index (χ3v) is 2.25. The van der Waals surface area contributed by atoms with Gasteiger partial charge in [0.15, 0.2) is 0 Å². The average Bonchev–Trinajstić information content (AvgIpc) is 2.01. The number of nitrogens with zero attached hydrogens (tertiary/aromatic N) is 1. The van der Waals surface area contributed by atoms with E-state index in [1.54, 1.807) is 22.6 Å². The van der Waals surface area contributed by atoms with E-state index in [9.17, 15) is 13.6 Å². The van der Waals surface area contributed by atoms with Gasteiger partial charge in [0.1, 0.15) is 14.4 Å². The Morgan fingerprint density at radius 3 is 2.64 bits per heavy atom. The highest BCUT2D eigenvalue weighted by Gasteiger charge is 2.22. The van der Waals surface area contributed by atoms with Gasteiger partial charge in [0.25, 0.3) is 6.43 Å². The quantitative estimate of drug-likeness (QED) is 0.669. The minimum atomic E-state index is -2.88. The number of hydrogen-bond acceptors (Lipinski definition) is 2. The zero-order chi connectivity index (χ0) is 10.9. The van der Waals surface area contributed by atoms with Crippen molar-refractivity contribution < 1.29 is 18.7 Å². The summed E-state index contributed by atoms with van der Waals surface area (Å²) in [5.41, 5.74) is -1.25. The van der Waals surface area contributed by atoms with Crippen molar-refractivity contribution >= 4 is 40.2 Å². The molecule has 0 aliphatic heterocycles. The van der Waals surface area contributed by atoms with Crippen molar-refractivity contribution in [3.63, 3.8) is 0 Å². The second kappa shape index (κ2) is 4.35. The van der Waals surface area contributed by atoms with Crippen molar-refractivity contribution in [1.29, 1.82) is 0 Å². The van der Waals surface area contributed by atoms with Crippen LogP contribution in [0.2, 0.25) is 5.15 Å². The molecule has 0 bridgehead atoms. The van der Waals surface area contributed by atoms with Crippen LogP contribution < -0.4 is 0 Å². The van der Waals surface area contributed by atoms with Gasteiger partial charge in [-0.2, -0.15) is 0 Å². The van der Waals surface area contributed by atoms with E-state index >= 15 is 0 Å². The second-order valence-electron chi connectivity index (χ2n) is 2.31. The molecule has 0 saturated carbocycles. The molecule has 0 saturated heterocycles. The van der Waals surface area contributed by atoms with Gasteiger partial charge >= 0.3 is 5.97 Å². The summed E-state index contributed by atoms with van der Waals surface area (Å²) in [4.78, 5) is 14.2. The molecule has 0 aromatic carbocycles. The van der Waals surface area contributed by atoms with Crippen molar-refractivity contribution in [3.05, 3.63) is 26.0 Å². The first-order valence-corrected chi connectivity index (χ1v) is 4.76. The van der Waals surface area contributed by atoms with Crippen LogP contribution in [-0.2, 0) is 0 Å².